The summed E-state index contributed by atoms with van der Waals surface area (Å²) in [5.74, 6) is 0. The van der Waals surface area contributed by atoms with E-state index in [-0.39, 0.29) is 5.59 Å². The van der Waals surface area contributed by atoms with Crippen LogP contribution in [0.2, 0.25) is 0 Å². The number of fused-ring (bicyclic) bond motifs is 1. The average Bonchev–Trinajstić information content (AvgIpc) is 2.94. The van der Waals surface area contributed by atoms with Crippen molar-refractivity contribution < 1.29 is 19.6 Å². The average molecular weight is 359 g/mol. The Labute approximate surface area is 153 Å². The third kappa shape index (κ3) is 3.72. The summed E-state index contributed by atoms with van der Waals surface area (Å²) >= 11 is 0. The summed E-state index contributed by atoms with van der Waals surface area (Å²) in [5.41, 5.74) is 1.02. The first-order chi connectivity index (χ1) is 12.2. The van der Waals surface area contributed by atoms with Crippen LogP contribution in [0.1, 0.15) is 20.8 Å². The zero-order chi connectivity index (χ0) is 19.1. The molecule has 2 aromatic rings. The van der Waals surface area contributed by atoms with Gasteiger partial charge in [0.15, 0.2) is 0 Å². The molecule has 2 N–H and O–H groups in total. The van der Waals surface area contributed by atoms with Gasteiger partial charge in [0.25, 0.3) is 0 Å². The number of carbonyl (C=O) groups excluding carboxylic acids is 1. The minimum Gasteiger partial charge on any atom is -0.443 e. The number of anilines is 1. The number of ether oxygens (including phenoxy) is 1. The molecule has 2 heterocycles. The summed E-state index contributed by atoms with van der Waals surface area (Å²) in [6, 6.07) is 7.34. The number of hydrogen-bond acceptors (Lipinski definition) is 6. The van der Waals surface area contributed by atoms with Crippen molar-refractivity contribution in [3.8, 4) is 0 Å². The van der Waals surface area contributed by atoms with Crippen LogP contribution in [0.3, 0.4) is 0 Å². The first-order valence-corrected chi connectivity index (χ1v) is 8.85. The Kier molecular flexibility index (Phi) is 5.01. The number of piperazine rings is 1. The van der Waals surface area contributed by atoms with Crippen LogP contribution in [0.15, 0.2) is 24.3 Å². The van der Waals surface area contributed by atoms with E-state index in [2.05, 4.69) is 16.8 Å². The van der Waals surface area contributed by atoms with Gasteiger partial charge in [0.05, 0.1) is 11.1 Å². The van der Waals surface area contributed by atoms with E-state index in [9.17, 15) is 14.8 Å². The van der Waals surface area contributed by atoms with E-state index in [1.54, 1.807) is 32.9 Å². The molecular formula is C18H26BN3O4. The van der Waals surface area contributed by atoms with Crippen LogP contribution in [-0.4, -0.2) is 71.6 Å². The van der Waals surface area contributed by atoms with E-state index in [0.717, 1.165) is 37.3 Å². The monoisotopic (exact) mass is 359 g/mol. The van der Waals surface area contributed by atoms with Crippen LogP contribution in [0, 0.1) is 0 Å². The Hall–Kier alpha value is -2.03. The zero-order valence-electron chi connectivity index (χ0n) is 15.8. The van der Waals surface area contributed by atoms with Crippen molar-refractivity contribution >= 4 is 35.4 Å². The van der Waals surface area contributed by atoms with Crippen LogP contribution in [0.5, 0.6) is 0 Å². The maximum absolute atomic E-state index is 12.7. The minimum absolute atomic E-state index is 0.107. The first-order valence-electron chi connectivity index (χ1n) is 8.85. The van der Waals surface area contributed by atoms with E-state index in [4.69, 9.17) is 4.74 Å². The van der Waals surface area contributed by atoms with Gasteiger partial charge >= 0.3 is 13.2 Å². The Balaban J connectivity index is 2.09. The molecule has 0 amide bonds. The van der Waals surface area contributed by atoms with E-state index < -0.39 is 18.8 Å². The SMILES string of the molecule is CN1CCN(c2cccc3c2cc(B(O)O)n3C(=O)OC(C)(C)C)CC1. The molecule has 0 atom stereocenters. The van der Waals surface area contributed by atoms with E-state index in [1.165, 1.54) is 4.57 Å². The molecule has 1 aromatic carbocycles. The fourth-order valence-corrected chi connectivity index (χ4v) is 3.26. The molecule has 0 unspecified atom stereocenters. The maximum atomic E-state index is 12.7. The predicted molar refractivity (Wildman–Crippen MR) is 103 cm³/mol. The summed E-state index contributed by atoms with van der Waals surface area (Å²) in [7, 11) is 0.326. The van der Waals surface area contributed by atoms with Gasteiger partial charge in [-0.15, -0.1) is 0 Å². The molecule has 1 aliphatic rings. The van der Waals surface area contributed by atoms with Gasteiger partial charge in [0.2, 0.25) is 0 Å². The van der Waals surface area contributed by atoms with E-state index >= 15 is 0 Å². The van der Waals surface area contributed by atoms with Crippen LogP contribution < -0.4 is 10.5 Å². The third-order valence-electron chi connectivity index (χ3n) is 4.54. The van der Waals surface area contributed by atoms with Gasteiger partial charge in [-0.2, -0.15) is 0 Å². The van der Waals surface area contributed by atoms with Gasteiger partial charge in [-0.05, 0) is 46.0 Å². The Morgan fingerprint density at radius 2 is 1.81 bits per heavy atom. The van der Waals surface area contributed by atoms with Crippen LogP contribution in [0.4, 0.5) is 10.5 Å². The van der Waals surface area contributed by atoms with Crippen molar-refractivity contribution in [2.24, 2.45) is 0 Å². The number of rotatable bonds is 2. The molecule has 0 radical (unpaired) electrons. The van der Waals surface area contributed by atoms with E-state index in [1.807, 2.05) is 12.1 Å². The quantitative estimate of drug-likeness (QED) is 0.775. The maximum Gasteiger partial charge on any atom is 0.506 e. The first kappa shape index (κ1) is 18.8. The molecule has 1 aliphatic heterocycles. The third-order valence-corrected chi connectivity index (χ3v) is 4.54. The molecule has 0 aliphatic carbocycles. The molecule has 1 fully saturated rings. The second kappa shape index (κ2) is 6.94. The van der Waals surface area contributed by atoms with E-state index in [0.29, 0.717) is 5.52 Å². The second-order valence-corrected chi connectivity index (χ2v) is 7.76. The highest BCUT2D eigenvalue weighted by molar-refractivity contribution is 6.59. The summed E-state index contributed by atoms with van der Waals surface area (Å²) in [6.07, 6.45) is -0.619. The molecule has 0 spiro atoms. The largest absolute Gasteiger partial charge is 0.506 e. The lowest BCUT2D eigenvalue weighted by molar-refractivity contribution is 0.0547. The van der Waals surface area contributed by atoms with Gasteiger partial charge < -0.3 is 24.6 Å². The van der Waals surface area contributed by atoms with Crippen LogP contribution in [0.25, 0.3) is 10.9 Å². The highest BCUT2D eigenvalue weighted by Gasteiger charge is 2.28. The normalized spacial score (nSPS) is 16.2. The Bertz CT molecular complexity index is 805. The Morgan fingerprint density at radius 3 is 2.38 bits per heavy atom. The van der Waals surface area contributed by atoms with Gasteiger partial charge in [0.1, 0.15) is 5.60 Å². The number of hydrogen-bond donors (Lipinski definition) is 2. The fraction of sp³-hybridized carbons (Fsp3) is 0.500. The molecule has 8 heteroatoms. The highest BCUT2D eigenvalue weighted by atomic mass is 16.6. The van der Waals surface area contributed by atoms with Gasteiger partial charge in [0, 0.05) is 37.3 Å². The Morgan fingerprint density at radius 1 is 1.15 bits per heavy atom. The standard InChI is InChI=1S/C18H26BN3O4/c1-18(2,3)26-17(23)22-15-7-5-6-14(13(15)12-16(22)19(24)25)21-10-8-20(4)9-11-21/h5-7,12,24-25H,8-11H2,1-4H3. The van der Waals surface area contributed by atoms with Crippen molar-refractivity contribution in [2.45, 2.75) is 26.4 Å². The summed E-state index contributed by atoms with van der Waals surface area (Å²) in [6.45, 7) is 9.01. The lowest BCUT2D eigenvalue weighted by Crippen LogP contribution is -2.44. The summed E-state index contributed by atoms with van der Waals surface area (Å²) in [5, 5.41) is 20.4. The minimum atomic E-state index is -1.77. The topological polar surface area (TPSA) is 78.2 Å². The molecule has 1 saturated heterocycles. The molecule has 7 nitrogen and oxygen atoms in total. The fourth-order valence-electron chi connectivity index (χ4n) is 3.26. The summed E-state index contributed by atoms with van der Waals surface area (Å²) in [4.78, 5) is 17.2. The zero-order valence-corrected chi connectivity index (χ0v) is 15.8. The number of nitrogens with zero attached hydrogens (tertiary/aromatic N) is 3. The molecular weight excluding hydrogens is 333 g/mol. The summed E-state index contributed by atoms with van der Waals surface area (Å²) < 4.78 is 6.72. The molecule has 26 heavy (non-hydrogen) atoms. The lowest BCUT2D eigenvalue weighted by Gasteiger charge is -2.34. The van der Waals surface area contributed by atoms with Gasteiger partial charge in [-0.3, -0.25) is 4.57 Å². The molecule has 3 rings (SSSR count). The molecule has 1 aromatic heterocycles. The van der Waals surface area contributed by atoms with Gasteiger partial charge in [-0.1, -0.05) is 6.07 Å². The van der Waals surface area contributed by atoms with Crippen molar-refractivity contribution in [1.29, 1.82) is 0 Å². The lowest BCUT2D eigenvalue weighted by atomic mass is 9.86. The van der Waals surface area contributed by atoms with Crippen LogP contribution >= 0.6 is 0 Å². The second-order valence-electron chi connectivity index (χ2n) is 7.76. The van der Waals surface area contributed by atoms with Crippen molar-refractivity contribution in [3.63, 3.8) is 0 Å². The smallest absolute Gasteiger partial charge is 0.443 e. The highest BCUT2D eigenvalue weighted by Crippen LogP contribution is 2.28. The number of benzene rings is 1. The van der Waals surface area contributed by atoms with Crippen molar-refractivity contribution in [3.05, 3.63) is 24.3 Å². The molecule has 0 bridgehead atoms. The van der Waals surface area contributed by atoms with Crippen molar-refractivity contribution in [2.75, 3.05) is 38.1 Å². The van der Waals surface area contributed by atoms with Crippen molar-refractivity contribution in [1.82, 2.24) is 9.47 Å². The van der Waals surface area contributed by atoms with Gasteiger partial charge in [-0.25, -0.2) is 4.79 Å². The predicted octanol–water partition coefficient (Wildman–Crippen LogP) is 0.856. The molecule has 0 saturated carbocycles. The van der Waals surface area contributed by atoms with Crippen LogP contribution in [-0.2, 0) is 4.74 Å². The molecule has 140 valence electrons. The number of carbonyl (C=O) groups is 1. The number of aromatic nitrogens is 1. The number of likely N-dealkylation sites (N-methyl/N-ethyl adjacent to an activating group) is 1.